The SMILES string of the molecule is CCOC(=O)c1sc(NC(=O)CC(NC(=O)c2cccc(-c3noc(C)n3)c2)C2CCN(C)CC2)nc1C.CCOC(=O)c1sc(NC(=O)CC(NC(=O)c2cccc(-c3noc(C)n3)c2)C2CCNCC2)nc1C.O=CO. The van der Waals surface area contributed by atoms with Crippen LogP contribution in [0.25, 0.3) is 22.8 Å². The van der Waals surface area contributed by atoms with E-state index in [2.05, 4.69) is 68.8 Å². The minimum absolute atomic E-state index is 0.0769. The number of aryl methyl sites for hydroxylation is 4. The number of ether oxygens (including phenoxy) is 2. The van der Waals surface area contributed by atoms with Crippen molar-refractivity contribution in [3.05, 3.63) is 92.6 Å². The first-order valence-corrected chi connectivity index (χ1v) is 26.9. The monoisotopic (exact) mass is 1110 g/mol. The van der Waals surface area contributed by atoms with Gasteiger partial charge in [-0.3, -0.25) is 24.0 Å². The lowest BCUT2D eigenvalue weighted by Gasteiger charge is -2.34. The average Bonchev–Trinajstić information content (AvgIpc) is 4.24. The molecule has 2 atom stereocenters. The third-order valence-electron chi connectivity index (χ3n) is 12.6. The number of esters is 2. The maximum Gasteiger partial charge on any atom is 0.350 e. The Bertz CT molecular complexity index is 3010. The molecule has 0 bridgehead atoms. The quantitative estimate of drug-likeness (QED) is 0.0408. The van der Waals surface area contributed by atoms with Crippen molar-refractivity contribution in [2.75, 3.05) is 57.1 Å². The first kappa shape index (κ1) is 59.4. The molecule has 2 aliphatic heterocycles. The van der Waals surface area contributed by atoms with Crippen LogP contribution >= 0.6 is 22.7 Å². The van der Waals surface area contributed by atoms with Gasteiger partial charge in [0.1, 0.15) is 9.75 Å². The van der Waals surface area contributed by atoms with Gasteiger partial charge in [0.05, 0.1) is 24.6 Å². The molecule has 0 spiro atoms. The number of hydrogen-bond donors (Lipinski definition) is 6. The van der Waals surface area contributed by atoms with Crippen molar-refractivity contribution < 1.29 is 57.2 Å². The predicted molar refractivity (Wildman–Crippen MR) is 288 cm³/mol. The molecule has 6 heterocycles. The molecule has 78 heavy (non-hydrogen) atoms. The van der Waals surface area contributed by atoms with Gasteiger partial charge in [-0.15, -0.1) is 0 Å². The van der Waals surface area contributed by atoms with Crippen LogP contribution < -0.4 is 26.6 Å². The molecule has 6 N–H and O–H groups in total. The van der Waals surface area contributed by atoms with E-state index in [9.17, 15) is 28.8 Å². The number of carboxylic acid groups (broad SMARTS) is 1. The summed E-state index contributed by atoms with van der Waals surface area (Å²) in [7, 11) is 2.06. The molecule has 26 heteroatoms. The van der Waals surface area contributed by atoms with Gasteiger partial charge in [0.25, 0.3) is 18.3 Å². The van der Waals surface area contributed by atoms with Crippen LogP contribution in [0.1, 0.15) is 116 Å². The fourth-order valence-electron chi connectivity index (χ4n) is 8.70. The lowest BCUT2D eigenvalue weighted by Crippen LogP contribution is -2.46. The van der Waals surface area contributed by atoms with E-state index < -0.39 is 11.9 Å². The Morgan fingerprint density at radius 2 is 1.10 bits per heavy atom. The van der Waals surface area contributed by atoms with E-state index in [1.165, 1.54) is 0 Å². The van der Waals surface area contributed by atoms with Crippen molar-refractivity contribution in [2.24, 2.45) is 11.8 Å². The normalized spacial score (nSPS) is 14.5. The molecular weight excluding hydrogens is 1050 g/mol. The lowest BCUT2D eigenvalue weighted by molar-refractivity contribution is -0.123. The number of piperidine rings is 2. The van der Waals surface area contributed by atoms with Gasteiger partial charge in [0.2, 0.25) is 35.2 Å². The van der Waals surface area contributed by atoms with Crippen molar-refractivity contribution in [3.63, 3.8) is 0 Å². The van der Waals surface area contributed by atoms with Crippen molar-refractivity contribution in [2.45, 2.75) is 92.2 Å². The lowest BCUT2D eigenvalue weighted by atomic mass is 9.87. The predicted octanol–water partition coefficient (Wildman–Crippen LogP) is 6.27. The van der Waals surface area contributed by atoms with E-state index in [-0.39, 0.29) is 80.1 Å². The number of anilines is 2. The third-order valence-corrected chi connectivity index (χ3v) is 14.7. The Kier molecular flexibility index (Phi) is 22.2. The molecule has 4 amide bonds. The summed E-state index contributed by atoms with van der Waals surface area (Å²) in [6.07, 6.45) is 3.55. The smallest absolute Gasteiger partial charge is 0.350 e. The molecule has 2 unspecified atom stereocenters. The van der Waals surface area contributed by atoms with E-state index in [4.69, 9.17) is 28.4 Å². The first-order chi connectivity index (χ1) is 37.5. The van der Waals surface area contributed by atoms with Crippen LogP contribution in [0.2, 0.25) is 0 Å². The van der Waals surface area contributed by atoms with Crippen molar-refractivity contribution in [1.29, 1.82) is 0 Å². The number of nitrogens with zero attached hydrogens (tertiary/aromatic N) is 7. The summed E-state index contributed by atoms with van der Waals surface area (Å²) in [4.78, 5) is 105. The number of rotatable bonds is 18. The Balaban J connectivity index is 0.000000240. The number of benzene rings is 2. The highest BCUT2D eigenvalue weighted by Gasteiger charge is 2.31. The summed E-state index contributed by atoms with van der Waals surface area (Å²) in [6.45, 7) is 13.9. The third kappa shape index (κ3) is 17.1. The number of nitrogens with one attached hydrogen (secondary N) is 5. The standard InChI is InChI=1S/C26H32N6O5S.C25H30N6O5S.CH2O2/c1-5-36-25(35)22-15(2)27-26(38-22)30-21(33)14-20(17-9-11-32(4)12-10-17)29-24(34)19-8-6-7-18(13-19)23-28-16(3)37-31-23;1-4-35-24(34)21-14(2)27-25(37-21)30-20(32)13-19(16-8-10-26-11-9-16)29-23(33)18-7-5-6-17(12-18)22-28-15(3)36-31-22;2-1-3/h6-8,13,17,20H,5,9-12,14H2,1-4H3,(H,29,34)(H,27,30,33);5-7,12,16,19,26H,4,8-11,13H2,1-3H3,(H,29,33)(H,27,30,32);1H,(H,2,3). The summed E-state index contributed by atoms with van der Waals surface area (Å²) in [6, 6.07) is 13.2. The van der Waals surface area contributed by atoms with E-state index >= 15 is 0 Å². The minimum atomic E-state index is -0.462. The van der Waals surface area contributed by atoms with Crippen LogP contribution in [0.5, 0.6) is 0 Å². The number of carbonyl (C=O) groups excluding carboxylic acids is 6. The van der Waals surface area contributed by atoms with Crippen molar-refractivity contribution in [1.82, 2.24) is 51.1 Å². The van der Waals surface area contributed by atoms with Crippen LogP contribution in [-0.2, 0) is 23.9 Å². The Morgan fingerprint density at radius 3 is 1.49 bits per heavy atom. The van der Waals surface area contributed by atoms with Crippen LogP contribution in [0.3, 0.4) is 0 Å². The number of aromatic nitrogens is 6. The molecule has 0 aliphatic carbocycles. The number of hydrogen-bond acceptors (Lipinski definition) is 21. The second kappa shape index (κ2) is 29.1. The van der Waals surface area contributed by atoms with Gasteiger partial charge in [-0.2, -0.15) is 9.97 Å². The summed E-state index contributed by atoms with van der Waals surface area (Å²) in [5.74, 6) is -0.103. The second-order valence-electron chi connectivity index (χ2n) is 18.2. The van der Waals surface area contributed by atoms with Gasteiger partial charge in [-0.05, 0) is 123 Å². The molecule has 4 aromatic heterocycles. The van der Waals surface area contributed by atoms with Gasteiger partial charge in [0.15, 0.2) is 10.3 Å². The second-order valence-corrected chi connectivity index (χ2v) is 20.2. The first-order valence-electron chi connectivity index (χ1n) is 25.3. The molecule has 24 nitrogen and oxygen atoms in total. The fraction of sp³-hybridized carbons (Fsp3) is 0.442. The molecular formula is C52H64N12O12S2. The molecule has 0 saturated carbocycles. The largest absolute Gasteiger partial charge is 0.483 e. The molecule has 2 aliphatic rings. The van der Waals surface area contributed by atoms with Gasteiger partial charge >= 0.3 is 11.9 Å². The molecule has 8 rings (SSSR count). The molecule has 6 aromatic rings. The minimum Gasteiger partial charge on any atom is -0.483 e. The highest BCUT2D eigenvalue weighted by Crippen LogP contribution is 2.28. The highest BCUT2D eigenvalue weighted by molar-refractivity contribution is 7.18. The van der Waals surface area contributed by atoms with Gasteiger partial charge in [-0.1, -0.05) is 57.3 Å². The maximum atomic E-state index is 13.3. The summed E-state index contributed by atoms with van der Waals surface area (Å²) in [5.41, 5.74) is 3.21. The zero-order valence-corrected chi connectivity index (χ0v) is 46.0. The zero-order chi connectivity index (χ0) is 56.3. The van der Waals surface area contributed by atoms with E-state index in [1.54, 1.807) is 84.0 Å². The average molecular weight is 1110 g/mol. The molecule has 0 radical (unpaired) electrons. The van der Waals surface area contributed by atoms with E-state index in [0.717, 1.165) is 74.5 Å². The van der Waals surface area contributed by atoms with Gasteiger partial charge < -0.3 is 55.1 Å². The topological polar surface area (TPSA) is 325 Å². The van der Waals surface area contributed by atoms with Gasteiger partial charge in [0, 0.05) is 61.0 Å². The van der Waals surface area contributed by atoms with Crippen LogP contribution in [0.4, 0.5) is 10.3 Å². The molecule has 416 valence electrons. The summed E-state index contributed by atoms with van der Waals surface area (Å²) >= 11 is 2.16. The Morgan fingerprint density at radius 1 is 0.692 bits per heavy atom. The number of thiazole rings is 2. The molecule has 2 aromatic carbocycles. The fourth-order valence-corrected chi connectivity index (χ4v) is 10.4. The summed E-state index contributed by atoms with van der Waals surface area (Å²) < 4.78 is 20.2. The Labute approximate surface area is 457 Å². The zero-order valence-electron chi connectivity index (χ0n) is 44.4. The number of carbonyl (C=O) groups is 7. The molecule has 2 saturated heterocycles. The van der Waals surface area contributed by atoms with Crippen LogP contribution in [0.15, 0.2) is 57.6 Å². The van der Waals surface area contributed by atoms with Crippen LogP contribution in [0, 0.1) is 39.5 Å². The maximum absolute atomic E-state index is 13.3. The van der Waals surface area contributed by atoms with Gasteiger partial charge in [-0.25, -0.2) is 19.6 Å². The summed E-state index contributed by atoms with van der Waals surface area (Å²) in [5, 5.41) is 30.4. The number of amides is 4. The van der Waals surface area contributed by atoms with E-state index in [1.807, 2.05) is 6.07 Å². The molecule has 2 fully saturated rings. The highest BCUT2D eigenvalue weighted by atomic mass is 32.1. The van der Waals surface area contributed by atoms with Crippen LogP contribution in [-0.4, -0.2) is 141 Å². The van der Waals surface area contributed by atoms with Crippen molar-refractivity contribution >= 4 is 75.0 Å². The van der Waals surface area contributed by atoms with E-state index in [0.29, 0.717) is 77.1 Å². The number of likely N-dealkylation sites (tertiary alicyclic amines) is 1. The van der Waals surface area contributed by atoms with Crippen molar-refractivity contribution in [3.8, 4) is 22.8 Å². The Hall–Kier alpha value is -7.81.